The lowest BCUT2D eigenvalue weighted by atomic mass is 9.93. The molecule has 0 unspecified atom stereocenters. The lowest BCUT2D eigenvalue weighted by molar-refractivity contribution is -0.124. The van der Waals surface area contributed by atoms with Crippen molar-refractivity contribution in [2.45, 2.75) is 19.6 Å². The Morgan fingerprint density at radius 3 is 3.00 bits per heavy atom. The predicted octanol–water partition coefficient (Wildman–Crippen LogP) is 1.20. The van der Waals surface area contributed by atoms with Crippen molar-refractivity contribution in [1.82, 2.24) is 10.2 Å². The van der Waals surface area contributed by atoms with E-state index in [1.165, 1.54) is 18.2 Å². The van der Waals surface area contributed by atoms with Crippen molar-refractivity contribution < 1.29 is 14.3 Å². The van der Waals surface area contributed by atoms with Crippen LogP contribution < -0.4 is 5.32 Å². The monoisotopic (exact) mass is 318 g/mol. The first-order valence-electron chi connectivity index (χ1n) is 8.31. The van der Waals surface area contributed by atoms with Gasteiger partial charge in [0.1, 0.15) is 6.61 Å². The van der Waals surface area contributed by atoms with Gasteiger partial charge in [0.25, 0.3) is 0 Å². The van der Waals surface area contributed by atoms with E-state index >= 15 is 0 Å². The average molecular weight is 318 g/mol. The molecule has 1 aromatic rings. The molecule has 3 rings (SSSR count). The number of nitrogens with one attached hydrogen (secondary N) is 1. The van der Waals surface area contributed by atoms with Gasteiger partial charge in [-0.3, -0.25) is 9.69 Å². The second-order valence-corrected chi connectivity index (χ2v) is 6.65. The molecule has 5 heteroatoms. The number of hydrogen-bond donors (Lipinski definition) is 1. The van der Waals surface area contributed by atoms with E-state index in [9.17, 15) is 4.79 Å². The van der Waals surface area contributed by atoms with Crippen LogP contribution >= 0.6 is 0 Å². The summed E-state index contributed by atoms with van der Waals surface area (Å²) in [6, 6.07) is 8.55. The van der Waals surface area contributed by atoms with Crippen LogP contribution in [0.3, 0.4) is 0 Å². The first-order chi connectivity index (χ1) is 11.2. The SMILES string of the molecule is COCC(=O)NC[C@H]1CO[C@@H]2CN(Cc3ccccc3C)C[C@H]12. The fraction of sp³-hybridized carbons (Fsp3) is 0.611. The number of aryl methyl sites for hydroxylation is 1. The fourth-order valence-electron chi connectivity index (χ4n) is 3.67. The van der Waals surface area contributed by atoms with E-state index in [0.717, 1.165) is 26.2 Å². The summed E-state index contributed by atoms with van der Waals surface area (Å²) < 4.78 is 10.8. The zero-order valence-corrected chi connectivity index (χ0v) is 14.0. The standard InChI is InChI=1S/C18H26N2O3/c1-13-5-3-4-6-14(13)8-20-9-16-15(11-23-17(16)10-20)7-19-18(21)12-22-2/h3-6,15-17H,7-12H2,1-2H3,(H,19,21)/t15-,16+,17+/m0/s1. The highest BCUT2D eigenvalue weighted by atomic mass is 16.5. The zero-order chi connectivity index (χ0) is 16.2. The van der Waals surface area contributed by atoms with E-state index in [4.69, 9.17) is 9.47 Å². The van der Waals surface area contributed by atoms with Gasteiger partial charge in [0.05, 0.1) is 12.7 Å². The van der Waals surface area contributed by atoms with Gasteiger partial charge in [-0.25, -0.2) is 0 Å². The van der Waals surface area contributed by atoms with Gasteiger partial charge in [0, 0.05) is 45.1 Å². The van der Waals surface area contributed by atoms with Crippen LogP contribution in [0.4, 0.5) is 0 Å². The zero-order valence-electron chi connectivity index (χ0n) is 14.0. The van der Waals surface area contributed by atoms with E-state index in [-0.39, 0.29) is 12.5 Å². The molecule has 126 valence electrons. The van der Waals surface area contributed by atoms with Crippen molar-refractivity contribution in [2.24, 2.45) is 11.8 Å². The number of likely N-dealkylation sites (tertiary alicyclic amines) is 1. The molecule has 2 aliphatic rings. The van der Waals surface area contributed by atoms with Gasteiger partial charge in [0.15, 0.2) is 0 Å². The summed E-state index contributed by atoms with van der Waals surface area (Å²) >= 11 is 0. The van der Waals surface area contributed by atoms with Gasteiger partial charge >= 0.3 is 0 Å². The molecule has 0 spiro atoms. The number of amides is 1. The molecule has 2 aliphatic heterocycles. The number of hydrogen-bond acceptors (Lipinski definition) is 4. The average Bonchev–Trinajstić information content (AvgIpc) is 3.08. The topological polar surface area (TPSA) is 50.8 Å². The summed E-state index contributed by atoms with van der Waals surface area (Å²) in [5.74, 6) is 0.871. The van der Waals surface area contributed by atoms with Crippen LogP contribution in [-0.2, 0) is 20.8 Å². The normalized spacial score (nSPS) is 27.1. The van der Waals surface area contributed by atoms with Crippen LogP contribution in [0.2, 0.25) is 0 Å². The fourth-order valence-corrected chi connectivity index (χ4v) is 3.67. The van der Waals surface area contributed by atoms with Crippen LogP contribution in [0.5, 0.6) is 0 Å². The number of nitrogens with zero attached hydrogens (tertiary/aromatic N) is 1. The Balaban J connectivity index is 1.52. The Hall–Kier alpha value is -1.43. The van der Waals surface area contributed by atoms with Crippen LogP contribution in [0.15, 0.2) is 24.3 Å². The van der Waals surface area contributed by atoms with Crippen molar-refractivity contribution in [3.8, 4) is 0 Å². The van der Waals surface area contributed by atoms with Gasteiger partial charge < -0.3 is 14.8 Å². The Morgan fingerprint density at radius 1 is 1.39 bits per heavy atom. The number of carbonyl (C=O) groups excluding carboxylic acids is 1. The van der Waals surface area contributed by atoms with Crippen molar-refractivity contribution >= 4 is 5.91 Å². The quantitative estimate of drug-likeness (QED) is 0.856. The second kappa shape index (κ2) is 7.43. The van der Waals surface area contributed by atoms with Crippen LogP contribution in [0.1, 0.15) is 11.1 Å². The molecule has 0 aromatic heterocycles. The molecule has 0 aliphatic carbocycles. The summed E-state index contributed by atoms with van der Waals surface area (Å²) in [6.45, 7) is 6.73. The summed E-state index contributed by atoms with van der Waals surface area (Å²) in [5, 5.41) is 2.95. The number of benzene rings is 1. The van der Waals surface area contributed by atoms with Crippen LogP contribution in [0, 0.1) is 18.8 Å². The van der Waals surface area contributed by atoms with E-state index in [1.807, 2.05) is 0 Å². The third-order valence-corrected chi connectivity index (χ3v) is 5.01. The third kappa shape index (κ3) is 3.91. The van der Waals surface area contributed by atoms with E-state index in [2.05, 4.69) is 41.4 Å². The molecule has 0 saturated carbocycles. The van der Waals surface area contributed by atoms with Gasteiger partial charge in [-0.2, -0.15) is 0 Å². The molecule has 23 heavy (non-hydrogen) atoms. The minimum Gasteiger partial charge on any atom is -0.376 e. The molecule has 3 atom stereocenters. The molecule has 1 amide bonds. The Labute approximate surface area is 137 Å². The Morgan fingerprint density at radius 2 is 2.22 bits per heavy atom. The summed E-state index contributed by atoms with van der Waals surface area (Å²) in [4.78, 5) is 14.0. The van der Waals surface area contributed by atoms with Gasteiger partial charge in [0.2, 0.25) is 5.91 Å². The number of methoxy groups -OCH3 is 1. The lowest BCUT2D eigenvalue weighted by Gasteiger charge is -2.20. The molecule has 5 nitrogen and oxygen atoms in total. The molecular weight excluding hydrogens is 292 g/mol. The molecule has 2 saturated heterocycles. The molecule has 2 fully saturated rings. The second-order valence-electron chi connectivity index (χ2n) is 6.65. The maximum Gasteiger partial charge on any atom is 0.245 e. The van der Waals surface area contributed by atoms with E-state index in [1.54, 1.807) is 0 Å². The van der Waals surface area contributed by atoms with Crippen LogP contribution in [-0.4, -0.2) is 56.9 Å². The summed E-state index contributed by atoms with van der Waals surface area (Å²) in [7, 11) is 1.54. The Bertz CT molecular complexity index is 549. The predicted molar refractivity (Wildman–Crippen MR) is 88.1 cm³/mol. The van der Waals surface area contributed by atoms with Crippen LogP contribution in [0.25, 0.3) is 0 Å². The van der Waals surface area contributed by atoms with Crippen molar-refractivity contribution in [3.05, 3.63) is 35.4 Å². The van der Waals surface area contributed by atoms with E-state index < -0.39 is 0 Å². The highest BCUT2D eigenvalue weighted by molar-refractivity contribution is 5.77. The van der Waals surface area contributed by atoms with Gasteiger partial charge in [-0.1, -0.05) is 24.3 Å². The van der Waals surface area contributed by atoms with Crippen molar-refractivity contribution in [3.63, 3.8) is 0 Å². The van der Waals surface area contributed by atoms with Crippen molar-refractivity contribution in [1.29, 1.82) is 0 Å². The highest BCUT2D eigenvalue weighted by Crippen LogP contribution is 2.34. The number of rotatable bonds is 6. The molecule has 1 N–H and O–H groups in total. The first-order valence-corrected chi connectivity index (χ1v) is 8.31. The molecule has 1 aromatic carbocycles. The van der Waals surface area contributed by atoms with E-state index in [0.29, 0.717) is 24.5 Å². The largest absolute Gasteiger partial charge is 0.376 e. The first kappa shape index (κ1) is 16.4. The minimum atomic E-state index is -0.0503. The number of fused-ring (bicyclic) bond motifs is 1. The lowest BCUT2D eigenvalue weighted by Crippen LogP contribution is -2.35. The molecular formula is C18H26N2O3. The van der Waals surface area contributed by atoms with Gasteiger partial charge in [-0.15, -0.1) is 0 Å². The van der Waals surface area contributed by atoms with Gasteiger partial charge in [-0.05, 0) is 18.1 Å². The number of ether oxygens (including phenoxy) is 2. The Kier molecular flexibility index (Phi) is 5.30. The maximum atomic E-state index is 11.5. The summed E-state index contributed by atoms with van der Waals surface area (Å²) in [6.07, 6.45) is 0.309. The highest BCUT2D eigenvalue weighted by Gasteiger charge is 2.43. The summed E-state index contributed by atoms with van der Waals surface area (Å²) in [5.41, 5.74) is 2.73. The molecule has 2 heterocycles. The maximum absolute atomic E-state index is 11.5. The third-order valence-electron chi connectivity index (χ3n) is 5.01. The van der Waals surface area contributed by atoms with Crippen molar-refractivity contribution in [2.75, 3.05) is 40.0 Å². The number of carbonyl (C=O) groups is 1. The minimum absolute atomic E-state index is 0.0503. The molecule has 0 radical (unpaired) electrons. The molecule has 0 bridgehead atoms. The smallest absolute Gasteiger partial charge is 0.245 e.